The van der Waals surface area contributed by atoms with Crippen LogP contribution >= 0.6 is 0 Å². The minimum atomic E-state index is -0.279. The minimum Gasteiger partial charge on any atom is -0.396 e. The van der Waals surface area contributed by atoms with Crippen molar-refractivity contribution >= 4 is 16.8 Å². The average Bonchev–Trinajstić information content (AvgIpc) is 3.12. The van der Waals surface area contributed by atoms with Crippen LogP contribution in [-0.2, 0) is 5.41 Å². The highest BCUT2D eigenvalue weighted by Gasteiger charge is 2.70. The molecule has 1 aliphatic carbocycles. The van der Waals surface area contributed by atoms with Crippen molar-refractivity contribution < 1.29 is 14.3 Å². The van der Waals surface area contributed by atoms with Gasteiger partial charge in [0, 0.05) is 36.1 Å². The van der Waals surface area contributed by atoms with Gasteiger partial charge < -0.3 is 10.0 Å². The van der Waals surface area contributed by atoms with Crippen LogP contribution in [0.5, 0.6) is 0 Å². The van der Waals surface area contributed by atoms with Gasteiger partial charge >= 0.3 is 0 Å². The molecule has 3 aromatic carbocycles. The molecule has 33 heavy (non-hydrogen) atoms. The number of aliphatic hydroxyl groups excluding tert-OH is 1. The lowest BCUT2D eigenvalue weighted by molar-refractivity contribution is 0.0754. The number of amides is 1. The van der Waals surface area contributed by atoms with Crippen molar-refractivity contribution in [2.45, 2.75) is 12.3 Å². The lowest BCUT2D eigenvalue weighted by Crippen LogP contribution is -2.35. The van der Waals surface area contributed by atoms with Crippen LogP contribution in [-0.4, -0.2) is 45.4 Å². The van der Waals surface area contributed by atoms with Gasteiger partial charge in [0.15, 0.2) is 0 Å². The van der Waals surface area contributed by atoms with Crippen molar-refractivity contribution in [1.82, 2.24) is 14.7 Å². The predicted molar refractivity (Wildman–Crippen MR) is 124 cm³/mol. The zero-order valence-corrected chi connectivity index (χ0v) is 18.3. The molecule has 0 radical (unpaired) electrons. The lowest BCUT2D eigenvalue weighted by Gasteiger charge is -2.25. The largest absolute Gasteiger partial charge is 0.396 e. The van der Waals surface area contributed by atoms with E-state index in [-0.39, 0.29) is 35.6 Å². The summed E-state index contributed by atoms with van der Waals surface area (Å²) in [5.74, 6) is 0.166. The Morgan fingerprint density at radius 2 is 1.91 bits per heavy atom. The molecule has 1 amide bonds. The number of rotatable bonds is 4. The summed E-state index contributed by atoms with van der Waals surface area (Å²) in [4.78, 5) is 15.0. The van der Waals surface area contributed by atoms with E-state index in [2.05, 4.69) is 24.2 Å². The maximum absolute atomic E-state index is 13.4. The second-order valence-corrected chi connectivity index (χ2v) is 9.25. The van der Waals surface area contributed by atoms with E-state index in [0.29, 0.717) is 18.7 Å². The van der Waals surface area contributed by atoms with Gasteiger partial charge in [-0.2, -0.15) is 5.10 Å². The van der Waals surface area contributed by atoms with Gasteiger partial charge in [-0.25, -0.2) is 9.07 Å². The maximum atomic E-state index is 13.4. The molecule has 2 heterocycles. The van der Waals surface area contributed by atoms with Crippen molar-refractivity contribution in [3.63, 3.8) is 0 Å². The normalized spacial score (nSPS) is 23.7. The lowest BCUT2D eigenvalue weighted by atomic mass is 9.88. The van der Waals surface area contributed by atoms with Gasteiger partial charge in [-0.1, -0.05) is 18.2 Å². The van der Waals surface area contributed by atoms with Gasteiger partial charge in [-0.15, -0.1) is 0 Å². The number of aromatic nitrogens is 2. The van der Waals surface area contributed by atoms with Gasteiger partial charge in [-0.05, 0) is 78.4 Å². The number of hydrogen-bond acceptors (Lipinski definition) is 3. The van der Waals surface area contributed by atoms with Crippen LogP contribution < -0.4 is 0 Å². The quantitative estimate of drug-likeness (QED) is 0.519. The zero-order valence-electron chi connectivity index (χ0n) is 18.3. The van der Waals surface area contributed by atoms with E-state index in [0.717, 1.165) is 22.2 Å². The van der Waals surface area contributed by atoms with E-state index in [1.165, 1.54) is 17.7 Å². The van der Waals surface area contributed by atoms with E-state index >= 15 is 0 Å². The molecule has 4 aromatic rings. The fourth-order valence-corrected chi connectivity index (χ4v) is 5.91. The highest BCUT2D eigenvalue weighted by molar-refractivity contribution is 5.95. The van der Waals surface area contributed by atoms with Gasteiger partial charge in [-0.3, -0.25) is 4.79 Å². The van der Waals surface area contributed by atoms with Crippen LogP contribution in [0.1, 0.15) is 21.5 Å². The maximum Gasteiger partial charge on any atom is 0.253 e. The standard InChI is InChI=1S/C27H24FN3O2/c1-17-11-25-19(13-29-31(25)21-9-7-20(28)8-10-21)12-22(17)27-16-30(14-23(27)24(27)15-32)26(33)18-5-3-2-4-6-18/h2-13,23-24,32H,14-16H2,1H3/t23-,24-,27+/m1/s1. The number of aliphatic hydroxyl groups is 1. The summed E-state index contributed by atoms with van der Waals surface area (Å²) in [5.41, 5.74) is 4.52. The fourth-order valence-electron chi connectivity index (χ4n) is 5.91. The number of benzene rings is 3. The summed E-state index contributed by atoms with van der Waals surface area (Å²) in [7, 11) is 0. The molecule has 0 spiro atoms. The molecule has 1 saturated heterocycles. The Kier molecular flexibility index (Phi) is 4.42. The first kappa shape index (κ1) is 20.1. The minimum absolute atomic E-state index is 0.0433. The summed E-state index contributed by atoms with van der Waals surface area (Å²) in [6.07, 6.45) is 1.82. The molecule has 0 unspecified atom stereocenters. The first-order valence-corrected chi connectivity index (χ1v) is 11.2. The van der Waals surface area contributed by atoms with Gasteiger partial charge in [0.25, 0.3) is 5.91 Å². The van der Waals surface area contributed by atoms with E-state index in [4.69, 9.17) is 0 Å². The van der Waals surface area contributed by atoms with E-state index in [1.54, 1.807) is 12.1 Å². The molecular formula is C27H24FN3O2. The van der Waals surface area contributed by atoms with Crippen molar-refractivity contribution in [2.24, 2.45) is 11.8 Å². The molecule has 0 bridgehead atoms. The molecule has 6 heteroatoms. The van der Waals surface area contributed by atoms with Gasteiger partial charge in [0.05, 0.1) is 17.4 Å². The molecular weight excluding hydrogens is 417 g/mol. The molecule has 1 N–H and O–H groups in total. The van der Waals surface area contributed by atoms with E-state index in [9.17, 15) is 14.3 Å². The van der Waals surface area contributed by atoms with Crippen LogP contribution in [0.2, 0.25) is 0 Å². The Morgan fingerprint density at radius 1 is 1.15 bits per heavy atom. The van der Waals surface area contributed by atoms with Crippen LogP contribution in [0.15, 0.2) is 72.9 Å². The third-order valence-corrected chi connectivity index (χ3v) is 7.56. The molecule has 2 fully saturated rings. The number of halogens is 1. The average molecular weight is 442 g/mol. The molecule has 166 valence electrons. The topological polar surface area (TPSA) is 58.4 Å². The van der Waals surface area contributed by atoms with Gasteiger partial charge in [0.2, 0.25) is 0 Å². The van der Waals surface area contributed by atoms with Crippen LogP contribution in [0, 0.1) is 24.6 Å². The number of hydrogen-bond donors (Lipinski definition) is 1. The SMILES string of the molecule is Cc1cc2c(cnn2-c2ccc(F)cc2)cc1[C@@]12CN(C(=O)c3ccccc3)C[C@@H]1[C@H]2CO. The summed E-state index contributed by atoms with van der Waals surface area (Å²) < 4.78 is 15.2. The Hall–Kier alpha value is -3.51. The third kappa shape index (κ3) is 2.94. The Labute approximate surface area is 191 Å². The highest BCUT2D eigenvalue weighted by atomic mass is 19.1. The molecule has 1 saturated carbocycles. The molecule has 1 aliphatic heterocycles. The molecule has 5 nitrogen and oxygen atoms in total. The van der Waals surface area contributed by atoms with Crippen LogP contribution in [0.3, 0.4) is 0 Å². The first-order chi connectivity index (χ1) is 16.0. The smallest absolute Gasteiger partial charge is 0.253 e. The number of likely N-dealkylation sites (tertiary alicyclic amines) is 1. The number of aryl methyl sites for hydroxylation is 1. The Balaban J connectivity index is 1.37. The molecule has 6 rings (SSSR count). The summed E-state index contributed by atoms with van der Waals surface area (Å²) >= 11 is 0. The molecule has 3 atom stereocenters. The highest BCUT2D eigenvalue weighted by Crippen LogP contribution is 2.64. The number of piperidine rings is 1. The van der Waals surface area contributed by atoms with Crippen LogP contribution in [0.25, 0.3) is 16.6 Å². The molecule has 1 aromatic heterocycles. The Bertz CT molecular complexity index is 1370. The Morgan fingerprint density at radius 3 is 2.64 bits per heavy atom. The zero-order chi connectivity index (χ0) is 22.7. The predicted octanol–water partition coefficient (Wildman–Crippen LogP) is 4.11. The summed E-state index contributed by atoms with van der Waals surface area (Å²) in [5, 5.41) is 15.6. The summed E-state index contributed by atoms with van der Waals surface area (Å²) in [6.45, 7) is 3.46. The monoisotopic (exact) mass is 441 g/mol. The summed E-state index contributed by atoms with van der Waals surface area (Å²) in [6, 6.07) is 19.9. The number of nitrogens with zero attached hydrogens (tertiary/aromatic N) is 3. The first-order valence-electron chi connectivity index (χ1n) is 11.2. The number of carbonyl (C=O) groups is 1. The van der Waals surface area contributed by atoms with E-state index in [1.807, 2.05) is 46.1 Å². The fraction of sp³-hybridized carbons (Fsp3) is 0.259. The van der Waals surface area contributed by atoms with E-state index < -0.39 is 0 Å². The number of carbonyl (C=O) groups excluding carboxylic acids is 1. The van der Waals surface area contributed by atoms with Crippen LogP contribution in [0.4, 0.5) is 4.39 Å². The second kappa shape index (κ2) is 7.25. The third-order valence-electron chi connectivity index (χ3n) is 7.56. The van der Waals surface area contributed by atoms with Crippen molar-refractivity contribution in [2.75, 3.05) is 19.7 Å². The molecule has 2 aliphatic rings. The van der Waals surface area contributed by atoms with Crippen molar-refractivity contribution in [1.29, 1.82) is 0 Å². The van der Waals surface area contributed by atoms with Gasteiger partial charge in [0.1, 0.15) is 5.82 Å². The second-order valence-electron chi connectivity index (χ2n) is 9.25. The van der Waals surface area contributed by atoms with Crippen molar-refractivity contribution in [3.8, 4) is 5.69 Å². The number of fused-ring (bicyclic) bond motifs is 2. The van der Waals surface area contributed by atoms with Crippen molar-refractivity contribution in [3.05, 3.63) is 95.4 Å².